The molecule has 3 nitrogen and oxygen atoms in total. The molecule has 12 heavy (non-hydrogen) atoms. The van der Waals surface area contributed by atoms with Gasteiger partial charge in [0.1, 0.15) is 0 Å². The molecule has 0 heterocycles. The topological polar surface area (TPSA) is 49.4 Å². The van der Waals surface area contributed by atoms with Crippen LogP contribution in [0.25, 0.3) is 0 Å². The van der Waals surface area contributed by atoms with Crippen LogP contribution < -0.4 is 5.26 Å². The number of unbranched alkanes of at least 4 members (excludes halogenated alkanes) is 1. The van der Waals surface area contributed by atoms with Gasteiger partial charge in [-0.05, 0) is 0 Å². The van der Waals surface area contributed by atoms with Crippen molar-refractivity contribution in [1.82, 2.24) is 0 Å². The van der Waals surface area contributed by atoms with Crippen molar-refractivity contribution in [1.29, 1.82) is 0 Å². The van der Waals surface area contributed by atoms with Gasteiger partial charge in [-0.15, -0.1) is 0 Å². The Labute approximate surface area is 97.7 Å². The summed E-state index contributed by atoms with van der Waals surface area (Å²) < 4.78 is 0.661. The van der Waals surface area contributed by atoms with Crippen LogP contribution in [0, 0.1) is 42.0 Å². The van der Waals surface area contributed by atoms with Crippen molar-refractivity contribution in [3.05, 3.63) is 0 Å². The summed E-state index contributed by atoms with van der Waals surface area (Å²) in [5.41, 5.74) is -0.572. The Morgan fingerprint density at radius 3 is 2.58 bits per heavy atom. The fourth-order valence-corrected chi connectivity index (χ4v) is 1.56. The molecular weight excluding hydrogens is 303 g/mol. The Balaban J connectivity index is 4.13. The van der Waals surface area contributed by atoms with E-state index in [9.17, 15) is 10.1 Å². The zero-order valence-electron chi connectivity index (χ0n) is 7.39. The van der Waals surface area contributed by atoms with Crippen molar-refractivity contribution < 1.29 is 51.6 Å². The van der Waals surface area contributed by atoms with Gasteiger partial charge >= 0.3 is 98.5 Å². The van der Waals surface area contributed by atoms with Crippen LogP contribution in [0.3, 0.4) is 0 Å². The van der Waals surface area contributed by atoms with E-state index in [4.69, 9.17) is 0 Å². The van der Waals surface area contributed by atoms with Crippen LogP contribution in [0.1, 0.15) is 33.1 Å². The van der Waals surface area contributed by atoms with E-state index in [0.29, 0.717) is 2.39 Å². The molecule has 0 N–H and O–H groups in total. The molecule has 0 aliphatic heterocycles. The molecule has 1 unspecified atom stereocenters. The first-order valence-electron chi connectivity index (χ1n) is 3.97. The third-order valence-corrected chi connectivity index (χ3v) is 3.58. The zero-order valence-corrected chi connectivity index (χ0v) is 9.53. The van der Waals surface area contributed by atoms with Crippen LogP contribution >= 0.6 is 0 Å². The maximum absolute atomic E-state index is 11.0. The van der Waals surface area contributed by atoms with E-state index in [1.807, 2.05) is 36.6 Å². The Hall–Kier alpha value is 0.716. The Bertz CT molecular complexity index is 149. The molecule has 0 aromatic heterocycles. The summed E-state index contributed by atoms with van der Waals surface area (Å²) in [6.45, 7) is 3.83. The first kappa shape index (κ1) is 12.7. The fourth-order valence-electron chi connectivity index (χ4n) is 0.877. The first-order chi connectivity index (χ1) is 5.60. The molecule has 0 aromatic rings. The first-order valence-corrected chi connectivity index (χ1v) is 5.49. The summed E-state index contributed by atoms with van der Waals surface area (Å²) in [7, 11) is 0. The van der Waals surface area contributed by atoms with Crippen molar-refractivity contribution in [3.63, 3.8) is 0 Å². The van der Waals surface area contributed by atoms with Crippen LogP contribution in [0.5, 0.6) is 0 Å². The van der Waals surface area contributed by atoms with Crippen molar-refractivity contribution in [2.24, 2.45) is 5.41 Å². The van der Waals surface area contributed by atoms with Crippen molar-refractivity contribution >= 4 is 5.97 Å². The molecule has 0 fully saturated rings. The van der Waals surface area contributed by atoms with Gasteiger partial charge in [0.25, 0.3) is 0 Å². The molecule has 0 saturated carbocycles. The quantitative estimate of drug-likeness (QED) is 0.561. The molecule has 0 rings (SSSR count). The SMILES string of the molecule is CCCCC(C)([CH2][Tb])C(=O)O[O-]. The molecule has 0 radical (unpaired) electrons. The number of hydrogen-bond donors (Lipinski definition) is 0. The average molecular weight is 317 g/mol. The van der Waals surface area contributed by atoms with Gasteiger partial charge in [-0.2, -0.15) is 0 Å². The molecule has 0 saturated heterocycles. The number of hydrogen-bond acceptors (Lipinski definition) is 3. The van der Waals surface area contributed by atoms with E-state index in [1.165, 1.54) is 0 Å². The summed E-state index contributed by atoms with van der Waals surface area (Å²) in [6.07, 6.45) is 2.72. The molecule has 0 aromatic carbocycles. The Morgan fingerprint density at radius 2 is 2.25 bits per heavy atom. The Kier molecular flexibility index (Phi) is 6.58. The number of carbonyl (C=O) groups is 1. The summed E-state index contributed by atoms with van der Waals surface area (Å²) in [5.74, 6) is -0.626. The van der Waals surface area contributed by atoms with Crippen LogP contribution in [-0.4, -0.2) is 5.97 Å². The minimum atomic E-state index is -0.626. The Morgan fingerprint density at radius 1 is 1.67 bits per heavy atom. The van der Waals surface area contributed by atoms with Gasteiger partial charge in [0.05, 0.1) is 0 Å². The van der Waals surface area contributed by atoms with E-state index in [2.05, 4.69) is 11.8 Å². The van der Waals surface area contributed by atoms with Gasteiger partial charge in [0, 0.05) is 0 Å². The van der Waals surface area contributed by atoms with E-state index >= 15 is 0 Å². The van der Waals surface area contributed by atoms with E-state index in [0.717, 1.165) is 19.3 Å². The van der Waals surface area contributed by atoms with Gasteiger partial charge in [-0.1, -0.05) is 0 Å². The number of carbonyl (C=O) groups excluding carboxylic acids is 1. The van der Waals surface area contributed by atoms with Crippen molar-refractivity contribution in [2.75, 3.05) is 0 Å². The van der Waals surface area contributed by atoms with Crippen LogP contribution in [0.15, 0.2) is 0 Å². The maximum atomic E-state index is 11.0. The molecule has 0 bridgehead atoms. The summed E-state index contributed by atoms with van der Waals surface area (Å²) in [5, 5.41) is 9.95. The summed E-state index contributed by atoms with van der Waals surface area (Å²) >= 11 is 1.90. The van der Waals surface area contributed by atoms with Crippen molar-refractivity contribution in [3.8, 4) is 0 Å². The molecule has 0 aliphatic rings. The summed E-state index contributed by atoms with van der Waals surface area (Å²) in [4.78, 5) is 14.6. The van der Waals surface area contributed by atoms with Gasteiger partial charge < -0.3 is 0 Å². The molecule has 1 atom stereocenters. The second-order valence-corrected chi connectivity index (χ2v) is 3.91. The van der Waals surface area contributed by atoms with Crippen LogP contribution in [-0.2, 0) is 9.68 Å². The monoisotopic (exact) mass is 317 g/mol. The van der Waals surface area contributed by atoms with Gasteiger partial charge in [0.2, 0.25) is 0 Å². The van der Waals surface area contributed by atoms with E-state index in [1.54, 1.807) is 6.92 Å². The molecule has 0 spiro atoms. The molecule has 0 aliphatic carbocycles. The van der Waals surface area contributed by atoms with Gasteiger partial charge in [0.15, 0.2) is 0 Å². The van der Waals surface area contributed by atoms with Gasteiger partial charge in [-0.25, -0.2) is 0 Å². The fraction of sp³-hybridized carbons (Fsp3) is 0.875. The third-order valence-electron chi connectivity index (χ3n) is 1.91. The second kappa shape index (κ2) is 6.21. The third kappa shape index (κ3) is 3.62. The normalized spacial score (nSPS) is 15.4. The second-order valence-electron chi connectivity index (χ2n) is 3.15. The van der Waals surface area contributed by atoms with Crippen molar-refractivity contribution in [2.45, 2.75) is 35.5 Å². The van der Waals surface area contributed by atoms with E-state index < -0.39 is 11.4 Å². The summed E-state index contributed by atoms with van der Waals surface area (Å²) in [6, 6.07) is 0. The number of rotatable bonds is 5. The zero-order chi connectivity index (χ0) is 9.61. The molecule has 4 heteroatoms. The average Bonchev–Trinajstić information content (AvgIpc) is 2.12. The molecule has 74 valence electrons. The van der Waals surface area contributed by atoms with Crippen LogP contribution in [0.2, 0.25) is 2.39 Å². The van der Waals surface area contributed by atoms with Crippen LogP contribution in [0.4, 0.5) is 0 Å². The van der Waals surface area contributed by atoms with E-state index in [-0.39, 0.29) is 0 Å². The predicted octanol–water partition coefficient (Wildman–Crippen LogP) is 0.969. The standard InChI is InChI=1S/C8H15O3.Tb/c1-4-5-6-8(2,3)7(9)11-10;/h10H,2,4-6H2,1,3H3;/p-1. The minimum absolute atomic E-state index is 0.572. The van der Waals surface area contributed by atoms with Gasteiger partial charge in [-0.3, -0.25) is 0 Å². The predicted molar refractivity (Wildman–Crippen MR) is 38.5 cm³/mol. The molecular formula is C8H14O3Tb-. The molecule has 0 amide bonds.